The van der Waals surface area contributed by atoms with E-state index >= 15 is 0 Å². The Hall–Kier alpha value is -0.440. The predicted octanol–water partition coefficient (Wildman–Crippen LogP) is 6.54. The minimum atomic E-state index is -0.778. The van der Waals surface area contributed by atoms with E-state index < -0.39 is 11.6 Å². The molecule has 0 nitrogen and oxygen atoms in total. The summed E-state index contributed by atoms with van der Waals surface area (Å²) in [7, 11) is 0. The molecule has 0 radical (unpaired) electrons. The van der Waals surface area contributed by atoms with Crippen molar-refractivity contribution in [2.75, 3.05) is 0 Å². The highest BCUT2D eigenvalue weighted by atomic mass is 79.9. The molecule has 1 rings (SSSR count). The van der Waals surface area contributed by atoms with Crippen LogP contribution in [-0.4, -0.2) is 0 Å². The van der Waals surface area contributed by atoms with Gasteiger partial charge in [-0.25, -0.2) is 8.78 Å². The first-order chi connectivity index (χ1) is 9.15. The first-order valence-electron chi connectivity index (χ1n) is 7.24. The maximum atomic E-state index is 13.1. The Balaban J connectivity index is 2.20. The molecule has 0 fully saturated rings. The summed E-state index contributed by atoms with van der Waals surface area (Å²) >= 11 is 3.55. The molecular weight excluding hydrogens is 310 g/mol. The second-order valence-corrected chi connectivity index (χ2v) is 6.16. The van der Waals surface area contributed by atoms with E-state index in [-0.39, 0.29) is 4.83 Å². The molecule has 1 unspecified atom stereocenters. The second-order valence-electron chi connectivity index (χ2n) is 5.05. The number of hydrogen-bond acceptors (Lipinski definition) is 0. The summed E-state index contributed by atoms with van der Waals surface area (Å²) in [6.45, 7) is 2.22. The maximum absolute atomic E-state index is 13.1. The zero-order valence-corrected chi connectivity index (χ0v) is 13.2. The molecule has 0 amide bonds. The number of unbranched alkanes of at least 4 members (excludes halogenated alkanes) is 6. The maximum Gasteiger partial charge on any atom is 0.159 e. The van der Waals surface area contributed by atoms with Gasteiger partial charge in [0.25, 0.3) is 0 Å². The molecule has 19 heavy (non-hydrogen) atoms. The summed E-state index contributed by atoms with van der Waals surface area (Å²) in [6.07, 6.45) is 9.84. The lowest BCUT2D eigenvalue weighted by atomic mass is 10.0. The fourth-order valence-electron chi connectivity index (χ4n) is 2.15. The van der Waals surface area contributed by atoms with Gasteiger partial charge in [0.2, 0.25) is 0 Å². The Morgan fingerprint density at radius 1 is 0.947 bits per heavy atom. The third-order valence-corrected chi connectivity index (χ3v) is 4.35. The van der Waals surface area contributed by atoms with Crippen LogP contribution in [0.4, 0.5) is 8.78 Å². The lowest BCUT2D eigenvalue weighted by Gasteiger charge is -2.10. The fourth-order valence-corrected chi connectivity index (χ4v) is 2.76. The summed E-state index contributed by atoms with van der Waals surface area (Å²) in [5.74, 6) is -1.54. The number of halogens is 3. The van der Waals surface area contributed by atoms with E-state index in [1.54, 1.807) is 6.07 Å². The van der Waals surface area contributed by atoms with Gasteiger partial charge in [-0.15, -0.1) is 0 Å². The normalized spacial score (nSPS) is 12.6. The quantitative estimate of drug-likeness (QED) is 0.355. The summed E-state index contributed by atoms with van der Waals surface area (Å²) in [6, 6.07) is 4.14. The molecule has 0 N–H and O–H groups in total. The fraction of sp³-hybridized carbons (Fsp3) is 0.625. The lowest BCUT2D eigenvalue weighted by molar-refractivity contribution is 0.506. The van der Waals surface area contributed by atoms with Crippen LogP contribution in [0.15, 0.2) is 18.2 Å². The largest absolute Gasteiger partial charge is 0.204 e. The minimum absolute atomic E-state index is 0.123. The molecule has 3 heteroatoms. The molecule has 0 spiro atoms. The second kappa shape index (κ2) is 9.46. The van der Waals surface area contributed by atoms with Gasteiger partial charge in [0.15, 0.2) is 11.6 Å². The van der Waals surface area contributed by atoms with Gasteiger partial charge < -0.3 is 0 Å². The van der Waals surface area contributed by atoms with Crippen LogP contribution in [0.25, 0.3) is 0 Å². The van der Waals surface area contributed by atoms with Gasteiger partial charge in [-0.1, -0.05) is 73.9 Å². The number of hydrogen-bond donors (Lipinski definition) is 0. The molecule has 0 aromatic heterocycles. The van der Waals surface area contributed by atoms with E-state index in [0.717, 1.165) is 18.4 Å². The zero-order valence-electron chi connectivity index (χ0n) is 11.6. The molecule has 0 saturated heterocycles. The topological polar surface area (TPSA) is 0 Å². The Labute approximate surface area is 123 Å². The smallest absolute Gasteiger partial charge is 0.159 e. The van der Waals surface area contributed by atoms with Gasteiger partial charge in [-0.3, -0.25) is 0 Å². The van der Waals surface area contributed by atoms with E-state index in [9.17, 15) is 8.78 Å². The monoisotopic (exact) mass is 332 g/mol. The average molecular weight is 333 g/mol. The number of alkyl halides is 1. The minimum Gasteiger partial charge on any atom is -0.204 e. The van der Waals surface area contributed by atoms with E-state index in [0.29, 0.717) is 0 Å². The first-order valence-corrected chi connectivity index (χ1v) is 8.15. The van der Waals surface area contributed by atoms with Crippen LogP contribution in [0.1, 0.15) is 68.7 Å². The van der Waals surface area contributed by atoms with Gasteiger partial charge in [-0.05, 0) is 24.1 Å². The number of rotatable bonds is 9. The highest BCUT2D eigenvalue weighted by Gasteiger charge is 2.10. The van der Waals surface area contributed by atoms with Crippen LogP contribution in [0.3, 0.4) is 0 Å². The molecule has 1 aromatic carbocycles. The van der Waals surface area contributed by atoms with Crippen molar-refractivity contribution in [3.63, 3.8) is 0 Å². The van der Waals surface area contributed by atoms with Crippen molar-refractivity contribution in [3.8, 4) is 0 Å². The Morgan fingerprint density at radius 3 is 2.21 bits per heavy atom. The third-order valence-electron chi connectivity index (χ3n) is 3.37. The van der Waals surface area contributed by atoms with Crippen molar-refractivity contribution in [1.82, 2.24) is 0 Å². The standard InChI is InChI=1S/C16H23BrF2/c1-2-3-4-5-6-7-8-9-14(17)13-10-11-15(18)16(19)12-13/h10-12,14H,2-9H2,1H3. The predicted molar refractivity (Wildman–Crippen MR) is 80.6 cm³/mol. The highest BCUT2D eigenvalue weighted by molar-refractivity contribution is 9.09. The summed E-state index contributed by atoms with van der Waals surface area (Å²) in [4.78, 5) is 0.123. The van der Waals surface area contributed by atoms with Crippen molar-refractivity contribution in [2.24, 2.45) is 0 Å². The average Bonchev–Trinajstić information content (AvgIpc) is 2.40. The Bertz CT molecular complexity index is 366. The molecule has 1 aromatic rings. The Morgan fingerprint density at radius 2 is 1.58 bits per heavy atom. The number of benzene rings is 1. The molecular formula is C16H23BrF2. The van der Waals surface area contributed by atoms with Crippen molar-refractivity contribution in [1.29, 1.82) is 0 Å². The Kier molecular flexibility index (Phi) is 8.27. The molecule has 0 aliphatic heterocycles. The third kappa shape index (κ3) is 6.51. The van der Waals surface area contributed by atoms with Gasteiger partial charge >= 0.3 is 0 Å². The van der Waals surface area contributed by atoms with Crippen molar-refractivity contribution in [2.45, 2.75) is 63.1 Å². The van der Waals surface area contributed by atoms with Crippen LogP contribution in [0.5, 0.6) is 0 Å². The van der Waals surface area contributed by atoms with Crippen molar-refractivity contribution < 1.29 is 8.78 Å². The zero-order chi connectivity index (χ0) is 14.1. The molecule has 108 valence electrons. The lowest BCUT2D eigenvalue weighted by Crippen LogP contribution is -1.93. The van der Waals surface area contributed by atoms with Gasteiger partial charge in [-0.2, -0.15) is 0 Å². The van der Waals surface area contributed by atoms with E-state index in [1.165, 1.54) is 50.7 Å². The molecule has 0 aliphatic rings. The van der Waals surface area contributed by atoms with E-state index in [1.807, 2.05) is 0 Å². The summed E-state index contributed by atoms with van der Waals surface area (Å²) < 4.78 is 25.9. The molecule has 1 atom stereocenters. The highest BCUT2D eigenvalue weighted by Crippen LogP contribution is 2.29. The first kappa shape index (κ1) is 16.6. The van der Waals surface area contributed by atoms with Crippen LogP contribution in [0, 0.1) is 11.6 Å². The van der Waals surface area contributed by atoms with E-state index in [4.69, 9.17) is 0 Å². The van der Waals surface area contributed by atoms with E-state index in [2.05, 4.69) is 22.9 Å². The van der Waals surface area contributed by atoms with Gasteiger partial charge in [0.1, 0.15) is 0 Å². The van der Waals surface area contributed by atoms with Crippen LogP contribution < -0.4 is 0 Å². The molecule has 0 aliphatic carbocycles. The van der Waals surface area contributed by atoms with Gasteiger partial charge in [0.05, 0.1) is 0 Å². The van der Waals surface area contributed by atoms with Gasteiger partial charge in [0, 0.05) is 4.83 Å². The SMILES string of the molecule is CCCCCCCCCC(Br)c1ccc(F)c(F)c1. The molecule has 0 heterocycles. The van der Waals surface area contributed by atoms with Crippen LogP contribution in [0.2, 0.25) is 0 Å². The molecule has 0 bridgehead atoms. The summed E-state index contributed by atoms with van der Waals surface area (Å²) in [5.41, 5.74) is 0.824. The van der Waals surface area contributed by atoms with Crippen LogP contribution >= 0.6 is 15.9 Å². The van der Waals surface area contributed by atoms with Crippen molar-refractivity contribution >= 4 is 15.9 Å². The van der Waals surface area contributed by atoms with Crippen molar-refractivity contribution in [3.05, 3.63) is 35.4 Å². The van der Waals surface area contributed by atoms with Crippen LogP contribution in [-0.2, 0) is 0 Å². The summed E-state index contributed by atoms with van der Waals surface area (Å²) in [5, 5.41) is 0. The molecule has 0 saturated carbocycles.